The highest BCUT2D eigenvalue weighted by Gasteiger charge is 2.38. The van der Waals surface area contributed by atoms with Crippen molar-refractivity contribution in [2.75, 3.05) is 13.1 Å². The van der Waals surface area contributed by atoms with Gasteiger partial charge in [-0.05, 0) is 51.9 Å². The quantitative estimate of drug-likeness (QED) is 0.348. The molecule has 2 rings (SSSR count). The number of nitrogens with one attached hydrogen (secondary N) is 3. The van der Waals surface area contributed by atoms with Gasteiger partial charge in [0.2, 0.25) is 17.7 Å². The lowest BCUT2D eigenvalue weighted by Gasteiger charge is -2.27. The first-order chi connectivity index (χ1) is 17.4. The molecule has 0 aromatic rings. The summed E-state index contributed by atoms with van der Waals surface area (Å²) in [6.07, 6.45) is 3.39. The minimum atomic E-state index is -1.51. The second kappa shape index (κ2) is 18.8. The Morgan fingerprint density at radius 3 is 1.84 bits per heavy atom. The molecule has 1 aliphatic carbocycles. The molecule has 6 N–H and O–H groups in total. The van der Waals surface area contributed by atoms with Crippen LogP contribution in [-0.4, -0.2) is 70.6 Å². The van der Waals surface area contributed by atoms with E-state index in [-0.39, 0.29) is 18.4 Å². The Morgan fingerprint density at radius 1 is 1.00 bits per heavy atom. The minimum absolute atomic E-state index is 0.101. The lowest BCUT2D eigenvalue weighted by Crippen LogP contribution is -2.55. The Kier molecular flexibility index (Phi) is 18.7. The largest absolute Gasteiger partial charge is 0.381 e. The number of nitrogens with two attached hydrogens (primary N) is 1. The molecule has 2 fully saturated rings. The van der Waals surface area contributed by atoms with Crippen LogP contribution < -0.4 is 21.7 Å². The first-order valence-electron chi connectivity index (χ1n) is 14.1. The Morgan fingerprint density at radius 2 is 1.47 bits per heavy atom. The van der Waals surface area contributed by atoms with Gasteiger partial charge in [0.25, 0.3) is 0 Å². The number of amides is 5. The summed E-state index contributed by atoms with van der Waals surface area (Å²) in [6, 6.07) is -2.08. The van der Waals surface area contributed by atoms with E-state index in [2.05, 4.69) is 43.6 Å². The standard InChI is InChI=1S/C17H31N5O5.C5H10.C4H10.C2H6/c1-9-6-11(15(26)20-10(2)13(24)14(18)25)22(8-9)12(23)7-19-16(27)21-17(3,4)5;1-5-3-2-4-5;1-4(2)3;1-2/h9-11,13,24H,6-8H2,1-5H3,(H2,18,25)(H,20,26)(H2,19,21,27);5H,2-4H2,1H3;4H,1-3H3;1-2H3/t9?,10?,11-,13?;;;/m0.../s1. The van der Waals surface area contributed by atoms with Gasteiger partial charge in [0.1, 0.15) is 6.04 Å². The number of carbonyl (C=O) groups is 4. The normalized spacial score (nSPS) is 20.1. The van der Waals surface area contributed by atoms with E-state index in [1.165, 1.54) is 31.1 Å². The van der Waals surface area contributed by atoms with E-state index in [0.717, 1.165) is 11.8 Å². The van der Waals surface area contributed by atoms with Crippen molar-refractivity contribution < 1.29 is 24.3 Å². The highest BCUT2D eigenvalue weighted by Crippen LogP contribution is 2.24. The molecule has 3 unspecified atom stereocenters. The summed E-state index contributed by atoms with van der Waals surface area (Å²) in [7, 11) is 0. The van der Waals surface area contributed by atoms with Crippen molar-refractivity contribution in [3.05, 3.63) is 0 Å². The van der Waals surface area contributed by atoms with Gasteiger partial charge in [-0.3, -0.25) is 14.4 Å². The van der Waals surface area contributed by atoms with Crippen LogP contribution in [0.5, 0.6) is 0 Å². The van der Waals surface area contributed by atoms with Gasteiger partial charge < -0.3 is 31.7 Å². The fourth-order valence-corrected chi connectivity index (χ4v) is 3.47. The van der Waals surface area contributed by atoms with E-state index in [0.29, 0.717) is 13.0 Å². The van der Waals surface area contributed by atoms with Crippen molar-refractivity contribution >= 4 is 23.8 Å². The molecule has 0 radical (unpaired) electrons. The van der Waals surface area contributed by atoms with Gasteiger partial charge >= 0.3 is 6.03 Å². The van der Waals surface area contributed by atoms with Crippen molar-refractivity contribution in [1.82, 2.24) is 20.9 Å². The molecule has 1 aliphatic heterocycles. The summed E-state index contributed by atoms with van der Waals surface area (Å²) < 4.78 is 0. The van der Waals surface area contributed by atoms with Crippen LogP contribution in [0.15, 0.2) is 0 Å². The van der Waals surface area contributed by atoms with Crippen molar-refractivity contribution in [3.63, 3.8) is 0 Å². The van der Waals surface area contributed by atoms with E-state index in [9.17, 15) is 24.3 Å². The summed E-state index contributed by atoms with van der Waals surface area (Å²) in [4.78, 5) is 49.2. The first kappa shape index (κ1) is 37.8. The summed E-state index contributed by atoms with van der Waals surface area (Å²) in [6.45, 7) is 21.8. The Labute approximate surface area is 231 Å². The molecule has 0 aromatic heterocycles. The maximum absolute atomic E-state index is 12.5. The zero-order valence-corrected chi connectivity index (χ0v) is 25.8. The summed E-state index contributed by atoms with van der Waals surface area (Å²) in [5, 5.41) is 17.3. The molecule has 5 amide bonds. The highest BCUT2D eigenvalue weighted by atomic mass is 16.3. The van der Waals surface area contributed by atoms with E-state index in [1.54, 1.807) is 0 Å². The number of hydrogen-bond donors (Lipinski definition) is 5. The Bertz CT molecular complexity index is 716. The van der Waals surface area contributed by atoms with Gasteiger partial charge in [0.05, 0.1) is 12.6 Å². The fraction of sp³-hybridized carbons (Fsp3) is 0.857. The van der Waals surface area contributed by atoms with E-state index in [1.807, 2.05) is 41.5 Å². The second-order valence-corrected chi connectivity index (χ2v) is 11.9. The van der Waals surface area contributed by atoms with Crippen LogP contribution in [0.4, 0.5) is 4.79 Å². The number of hydrogen-bond acceptors (Lipinski definition) is 5. The third-order valence-electron chi connectivity index (χ3n) is 5.55. The average molecular weight is 544 g/mol. The van der Waals surface area contributed by atoms with E-state index < -0.39 is 41.6 Å². The summed E-state index contributed by atoms with van der Waals surface area (Å²) in [5.41, 5.74) is 4.59. The fourth-order valence-electron chi connectivity index (χ4n) is 3.47. The van der Waals surface area contributed by atoms with Crippen LogP contribution in [-0.2, 0) is 14.4 Å². The number of nitrogens with zero attached hydrogens (tertiary/aromatic N) is 1. The van der Waals surface area contributed by atoms with Gasteiger partial charge in [-0.15, -0.1) is 0 Å². The molecule has 1 heterocycles. The van der Waals surface area contributed by atoms with E-state index >= 15 is 0 Å². The zero-order valence-electron chi connectivity index (χ0n) is 25.8. The van der Waals surface area contributed by atoms with Crippen molar-refractivity contribution in [2.45, 2.75) is 126 Å². The summed E-state index contributed by atoms with van der Waals surface area (Å²) in [5.74, 6) is 0.204. The Hall–Kier alpha value is -2.36. The average Bonchev–Trinajstić information content (AvgIpc) is 3.17. The summed E-state index contributed by atoms with van der Waals surface area (Å²) >= 11 is 0. The minimum Gasteiger partial charge on any atom is -0.381 e. The molecule has 2 aliphatic rings. The number of primary amides is 1. The lowest BCUT2D eigenvalue weighted by atomic mass is 9.88. The predicted molar refractivity (Wildman–Crippen MR) is 153 cm³/mol. The SMILES string of the molecule is CC.CC(C)C.CC1CCC1.CC1C[C@@H](C(=O)NC(C)C(O)C(N)=O)N(C(=O)CNC(=O)NC(C)(C)C)C1. The molecule has 1 saturated heterocycles. The molecule has 0 bridgehead atoms. The van der Waals surface area contributed by atoms with Crippen LogP contribution in [0.25, 0.3) is 0 Å². The molecule has 4 atom stereocenters. The molecule has 38 heavy (non-hydrogen) atoms. The molecule has 10 heteroatoms. The van der Waals surface area contributed by atoms with Crippen molar-refractivity contribution in [2.24, 2.45) is 23.5 Å². The van der Waals surface area contributed by atoms with Crippen LogP contribution in [0, 0.1) is 17.8 Å². The molecule has 0 aromatic carbocycles. The number of aliphatic hydroxyl groups excluding tert-OH is 1. The molecule has 1 saturated carbocycles. The first-order valence-corrected chi connectivity index (χ1v) is 14.1. The monoisotopic (exact) mass is 543 g/mol. The maximum Gasteiger partial charge on any atom is 0.315 e. The third-order valence-corrected chi connectivity index (χ3v) is 5.55. The van der Waals surface area contributed by atoms with Gasteiger partial charge in [-0.25, -0.2) is 4.79 Å². The number of carbonyl (C=O) groups excluding carboxylic acids is 4. The highest BCUT2D eigenvalue weighted by molar-refractivity contribution is 5.91. The van der Waals surface area contributed by atoms with Crippen LogP contribution >= 0.6 is 0 Å². The topological polar surface area (TPSA) is 154 Å². The van der Waals surface area contributed by atoms with Crippen molar-refractivity contribution in [3.8, 4) is 0 Å². The zero-order chi connectivity index (χ0) is 30.2. The molecule has 224 valence electrons. The molecular weight excluding hydrogens is 486 g/mol. The van der Waals surface area contributed by atoms with Crippen LogP contribution in [0.3, 0.4) is 0 Å². The van der Waals surface area contributed by atoms with Gasteiger partial charge in [0.15, 0.2) is 6.10 Å². The number of likely N-dealkylation sites (tertiary alicyclic amines) is 1. The molecular formula is C28H57N5O5. The smallest absolute Gasteiger partial charge is 0.315 e. The lowest BCUT2D eigenvalue weighted by molar-refractivity contribution is -0.139. The van der Waals surface area contributed by atoms with Crippen LogP contribution in [0.1, 0.15) is 102 Å². The predicted octanol–water partition coefficient (Wildman–Crippen LogP) is 3.17. The van der Waals surface area contributed by atoms with Crippen LogP contribution in [0.2, 0.25) is 0 Å². The Balaban J connectivity index is 0. The third kappa shape index (κ3) is 17.2. The van der Waals surface area contributed by atoms with Gasteiger partial charge in [-0.1, -0.05) is 67.7 Å². The molecule has 0 spiro atoms. The number of rotatable bonds is 6. The molecule has 10 nitrogen and oxygen atoms in total. The maximum atomic E-state index is 12.5. The van der Waals surface area contributed by atoms with E-state index in [4.69, 9.17) is 5.73 Å². The second-order valence-electron chi connectivity index (χ2n) is 11.9. The number of urea groups is 1. The van der Waals surface area contributed by atoms with Gasteiger partial charge in [-0.2, -0.15) is 0 Å². The van der Waals surface area contributed by atoms with Gasteiger partial charge in [0, 0.05) is 12.1 Å². The van der Waals surface area contributed by atoms with Crippen molar-refractivity contribution in [1.29, 1.82) is 0 Å². The number of aliphatic hydroxyl groups is 1.